The molecule has 1 N–H and O–H groups in total. The number of rotatable bonds is 6. The molecule has 0 fully saturated rings. The fraction of sp³-hybridized carbons (Fsp3) is 0.385. The minimum atomic E-state index is -0.180. The topological polar surface area (TPSA) is 72.7 Å². The normalized spacial score (nSPS) is 10.5. The molecule has 0 radical (unpaired) electrons. The average molecular weight is 291 g/mol. The van der Waals surface area contributed by atoms with Crippen molar-refractivity contribution in [3.63, 3.8) is 0 Å². The van der Waals surface area contributed by atoms with Gasteiger partial charge in [-0.1, -0.05) is 18.7 Å². The number of thioether (sulfide) groups is 1. The van der Waals surface area contributed by atoms with Crippen molar-refractivity contribution in [3.8, 4) is 0 Å². The highest BCUT2D eigenvalue weighted by Gasteiger charge is 2.07. The molecule has 0 bridgehead atoms. The first kappa shape index (κ1) is 14.5. The van der Waals surface area contributed by atoms with Crippen LogP contribution in [-0.2, 0) is 13.1 Å². The fourth-order valence-corrected chi connectivity index (χ4v) is 1.99. The van der Waals surface area contributed by atoms with E-state index >= 15 is 0 Å². The molecule has 0 spiro atoms. The van der Waals surface area contributed by atoms with Crippen LogP contribution in [0.4, 0.5) is 0 Å². The van der Waals surface area contributed by atoms with Crippen molar-refractivity contribution in [2.45, 2.75) is 31.6 Å². The second kappa shape index (κ2) is 7.04. The lowest BCUT2D eigenvalue weighted by atomic mass is 10.3. The highest BCUT2D eigenvalue weighted by Crippen LogP contribution is 2.07. The Balaban J connectivity index is 1.90. The Kier molecular flexibility index (Phi) is 5.11. The summed E-state index contributed by atoms with van der Waals surface area (Å²) in [6, 6.07) is 0. The van der Waals surface area contributed by atoms with E-state index < -0.39 is 0 Å². The summed E-state index contributed by atoms with van der Waals surface area (Å²) in [5.74, 6) is -0.180. The number of hydrogen-bond acceptors (Lipinski definition) is 5. The van der Waals surface area contributed by atoms with Crippen molar-refractivity contribution in [1.82, 2.24) is 25.1 Å². The highest BCUT2D eigenvalue weighted by atomic mass is 32.2. The van der Waals surface area contributed by atoms with Crippen LogP contribution >= 0.6 is 11.8 Å². The summed E-state index contributed by atoms with van der Waals surface area (Å²) < 4.78 is 1.87. The Morgan fingerprint density at radius 1 is 1.35 bits per heavy atom. The second-order valence-corrected chi connectivity index (χ2v) is 5.03. The smallest absolute Gasteiger partial charge is 0.254 e. The molecule has 0 aliphatic carbocycles. The Labute approximate surface area is 122 Å². The number of amides is 1. The molecule has 0 saturated carbocycles. The van der Waals surface area contributed by atoms with Gasteiger partial charge in [-0.25, -0.2) is 9.97 Å². The molecule has 1 amide bonds. The van der Waals surface area contributed by atoms with Gasteiger partial charge < -0.3 is 5.32 Å². The first-order valence-electron chi connectivity index (χ1n) is 6.38. The van der Waals surface area contributed by atoms with E-state index in [1.165, 1.54) is 24.2 Å². The molecule has 0 aliphatic heterocycles. The standard InChI is InChI=1S/C13H17N5OS/c1-3-4-18-9-10(6-17-18)5-14-12(19)11-7-15-13(20-2)16-8-11/h6-9H,3-5H2,1-2H3,(H,14,19). The average Bonchev–Trinajstić information content (AvgIpc) is 2.93. The number of aromatic nitrogens is 4. The van der Waals surface area contributed by atoms with Crippen LogP contribution in [0.15, 0.2) is 29.9 Å². The molecule has 2 aromatic rings. The van der Waals surface area contributed by atoms with Crippen LogP contribution in [-0.4, -0.2) is 31.9 Å². The van der Waals surface area contributed by atoms with Gasteiger partial charge in [0, 0.05) is 37.2 Å². The van der Waals surface area contributed by atoms with Gasteiger partial charge in [0.15, 0.2) is 5.16 Å². The molecule has 2 heterocycles. The lowest BCUT2D eigenvalue weighted by Gasteiger charge is -2.03. The van der Waals surface area contributed by atoms with Crippen molar-refractivity contribution >= 4 is 17.7 Å². The van der Waals surface area contributed by atoms with Crippen LogP contribution in [0.1, 0.15) is 29.3 Å². The first-order chi connectivity index (χ1) is 9.72. The first-order valence-corrected chi connectivity index (χ1v) is 7.61. The van der Waals surface area contributed by atoms with E-state index in [4.69, 9.17) is 0 Å². The largest absolute Gasteiger partial charge is 0.348 e. The molecule has 7 heteroatoms. The lowest BCUT2D eigenvalue weighted by Crippen LogP contribution is -2.23. The number of nitrogens with zero attached hydrogens (tertiary/aromatic N) is 4. The summed E-state index contributed by atoms with van der Waals surface area (Å²) in [5.41, 5.74) is 1.44. The molecule has 6 nitrogen and oxygen atoms in total. The van der Waals surface area contributed by atoms with Crippen LogP contribution in [0, 0.1) is 0 Å². The Bertz CT molecular complexity index is 566. The lowest BCUT2D eigenvalue weighted by molar-refractivity contribution is 0.0950. The molecular weight excluding hydrogens is 274 g/mol. The minimum absolute atomic E-state index is 0.180. The Hall–Kier alpha value is -1.89. The predicted molar refractivity (Wildman–Crippen MR) is 77.5 cm³/mol. The van der Waals surface area contributed by atoms with Crippen molar-refractivity contribution in [3.05, 3.63) is 35.9 Å². The molecule has 106 valence electrons. The van der Waals surface area contributed by atoms with Gasteiger partial charge in [0.05, 0.1) is 11.8 Å². The van der Waals surface area contributed by atoms with Crippen LogP contribution < -0.4 is 5.32 Å². The Morgan fingerprint density at radius 3 is 2.75 bits per heavy atom. The van der Waals surface area contributed by atoms with Crippen molar-refractivity contribution < 1.29 is 4.79 Å². The summed E-state index contributed by atoms with van der Waals surface area (Å²) in [5, 5.41) is 7.70. The van der Waals surface area contributed by atoms with Crippen LogP contribution in [0.25, 0.3) is 0 Å². The van der Waals surface area contributed by atoms with E-state index in [9.17, 15) is 4.79 Å². The van der Waals surface area contributed by atoms with Gasteiger partial charge in [-0.15, -0.1) is 0 Å². The third kappa shape index (κ3) is 3.80. The van der Waals surface area contributed by atoms with Gasteiger partial charge in [-0.05, 0) is 12.7 Å². The molecule has 0 atom stereocenters. The molecule has 20 heavy (non-hydrogen) atoms. The van der Waals surface area contributed by atoms with Crippen molar-refractivity contribution in [2.24, 2.45) is 0 Å². The monoisotopic (exact) mass is 291 g/mol. The fourth-order valence-electron chi connectivity index (χ4n) is 1.67. The number of carbonyl (C=O) groups excluding carboxylic acids is 1. The zero-order valence-corrected chi connectivity index (χ0v) is 12.4. The van der Waals surface area contributed by atoms with E-state index in [1.807, 2.05) is 17.1 Å². The summed E-state index contributed by atoms with van der Waals surface area (Å²) >= 11 is 1.44. The zero-order chi connectivity index (χ0) is 14.4. The van der Waals surface area contributed by atoms with Gasteiger partial charge in [-0.2, -0.15) is 5.10 Å². The molecule has 0 saturated heterocycles. The number of nitrogens with one attached hydrogen (secondary N) is 1. The van der Waals surface area contributed by atoms with Crippen LogP contribution in [0.5, 0.6) is 0 Å². The number of hydrogen-bond donors (Lipinski definition) is 1. The van der Waals surface area contributed by atoms with Crippen LogP contribution in [0.3, 0.4) is 0 Å². The van der Waals surface area contributed by atoms with Gasteiger partial charge in [-0.3, -0.25) is 9.48 Å². The van der Waals surface area contributed by atoms with Crippen molar-refractivity contribution in [2.75, 3.05) is 6.26 Å². The quantitative estimate of drug-likeness (QED) is 0.648. The molecule has 2 aromatic heterocycles. The SMILES string of the molecule is CCCn1cc(CNC(=O)c2cnc(SC)nc2)cn1. The molecule has 0 aliphatic rings. The maximum Gasteiger partial charge on any atom is 0.254 e. The maximum absolute atomic E-state index is 11.9. The number of aryl methyl sites for hydroxylation is 1. The van der Waals surface area contributed by atoms with E-state index in [0.717, 1.165) is 18.5 Å². The van der Waals surface area contributed by atoms with E-state index in [0.29, 0.717) is 17.3 Å². The van der Waals surface area contributed by atoms with E-state index in [-0.39, 0.29) is 5.91 Å². The van der Waals surface area contributed by atoms with E-state index in [1.54, 1.807) is 6.20 Å². The predicted octanol–water partition coefficient (Wildman–Crippen LogP) is 1.73. The molecule has 2 rings (SSSR count). The highest BCUT2D eigenvalue weighted by molar-refractivity contribution is 7.98. The van der Waals surface area contributed by atoms with Gasteiger partial charge in [0.1, 0.15) is 0 Å². The van der Waals surface area contributed by atoms with Gasteiger partial charge in [0.25, 0.3) is 5.91 Å². The number of carbonyl (C=O) groups is 1. The van der Waals surface area contributed by atoms with Crippen molar-refractivity contribution in [1.29, 1.82) is 0 Å². The van der Waals surface area contributed by atoms with Gasteiger partial charge in [0.2, 0.25) is 0 Å². The molecule has 0 unspecified atom stereocenters. The Morgan fingerprint density at radius 2 is 2.10 bits per heavy atom. The molecule has 0 aromatic carbocycles. The second-order valence-electron chi connectivity index (χ2n) is 4.25. The summed E-state index contributed by atoms with van der Waals surface area (Å²) in [6.45, 7) is 3.44. The zero-order valence-electron chi connectivity index (χ0n) is 11.5. The third-order valence-corrected chi connectivity index (χ3v) is 3.24. The summed E-state index contributed by atoms with van der Waals surface area (Å²) in [6.07, 6.45) is 9.71. The summed E-state index contributed by atoms with van der Waals surface area (Å²) in [7, 11) is 0. The minimum Gasteiger partial charge on any atom is -0.348 e. The maximum atomic E-state index is 11.9. The van der Waals surface area contributed by atoms with Gasteiger partial charge >= 0.3 is 0 Å². The molecular formula is C13H17N5OS. The van der Waals surface area contributed by atoms with Crippen LogP contribution in [0.2, 0.25) is 0 Å². The van der Waals surface area contributed by atoms with E-state index in [2.05, 4.69) is 27.3 Å². The summed E-state index contributed by atoms with van der Waals surface area (Å²) in [4.78, 5) is 20.1. The third-order valence-electron chi connectivity index (χ3n) is 2.67.